The molecule has 1 aromatic rings. The van der Waals surface area contributed by atoms with Crippen LogP contribution in [-0.4, -0.2) is 30.0 Å². The van der Waals surface area contributed by atoms with Crippen LogP contribution in [0.3, 0.4) is 0 Å². The SMILES string of the molecule is CC(C)(C)C(=O)NCC(=O)NCC(O)c1cccc(C(F)(F)F)c1. The van der Waals surface area contributed by atoms with Crippen LogP contribution in [-0.2, 0) is 15.8 Å². The number of halogens is 3. The fraction of sp³-hybridized carbons (Fsp3) is 0.500. The van der Waals surface area contributed by atoms with Gasteiger partial charge in [0.2, 0.25) is 11.8 Å². The second kappa shape index (κ2) is 7.65. The summed E-state index contributed by atoms with van der Waals surface area (Å²) in [4.78, 5) is 23.2. The van der Waals surface area contributed by atoms with Gasteiger partial charge in [0.15, 0.2) is 0 Å². The van der Waals surface area contributed by atoms with E-state index in [1.807, 2.05) is 0 Å². The van der Waals surface area contributed by atoms with Gasteiger partial charge in [-0.2, -0.15) is 13.2 Å². The summed E-state index contributed by atoms with van der Waals surface area (Å²) in [5, 5.41) is 14.7. The van der Waals surface area contributed by atoms with E-state index in [2.05, 4.69) is 10.6 Å². The number of amides is 2. The number of nitrogens with one attached hydrogen (secondary N) is 2. The summed E-state index contributed by atoms with van der Waals surface area (Å²) in [6.07, 6.45) is -5.79. The van der Waals surface area contributed by atoms with Crippen LogP contribution in [0.2, 0.25) is 0 Å². The molecule has 0 aliphatic heterocycles. The molecule has 0 heterocycles. The van der Waals surface area contributed by atoms with Crippen molar-refractivity contribution in [2.24, 2.45) is 5.41 Å². The van der Waals surface area contributed by atoms with E-state index in [-0.39, 0.29) is 24.6 Å². The Kier molecular flexibility index (Phi) is 6.36. The van der Waals surface area contributed by atoms with Gasteiger partial charge in [-0.05, 0) is 17.7 Å². The van der Waals surface area contributed by atoms with Crippen molar-refractivity contribution in [3.05, 3.63) is 35.4 Å². The molecule has 0 fully saturated rings. The third-order valence-electron chi connectivity index (χ3n) is 3.18. The molecule has 0 spiro atoms. The molecule has 1 atom stereocenters. The minimum atomic E-state index is -4.50. The van der Waals surface area contributed by atoms with Crippen molar-refractivity contribution in [2.45, 2.75) is 33.1 Å². The van der Waals surface area contributed by atoms with Gasteiger partial charge in [0.25, 0.3) is 0 Å². The van der Waals surface area contributed by atoms with E-state index in [1.165, 1.54) is 12.1 Å². The molecule has 0 radical (unpaired) electrons. The summed E-state index contributed by atoms with van der Waals surface area (Å²) in [7, 11) is 0. The minimum absolute atomic E-state index is 0.0452. The highest BCUT2D eigenvalue weighted by molar-refractivity contribution is 5.87. The summed E-state index contributed by atoms with van der Waals surface area (Å²) in [6, 6.07) is 4.26. The van der Waals surface area contributed by atoms with E-state index in [1.54, 1.807) is 20.8 Å². The average Bonchev–Trinajstić information content (AvgIpc) is 2.48. The van der Waals surface area contributed by atoms with Crippen molar-refractivity contribution < 1.29 is 27.9 Å². The molecule has 1 aromatic carbocycles. The standard InChI is InChI=1S/C16H21F3N2O3/c1-15(2,3)14(24)21-9-13(23)20-8-12(22)10-5-4-6-11(7-10)16(17,18)19/h4-7,12,22H,8-9H2,1-3H3,(H,20,23)(H,21,24). The Bertz CT molecular complexity index is 595. The van der Waals surface area contributed by atoms with Crippen molar-refractivity contribution in [1.29, 1.82) is 0 Å². The molecule has 24 heavy (non-hydrogen) atoms. The molecule has 5 nitrogen and oxygen atoms in total. The molecular formula is C16H21F3N2O3. The number of aliphatic hydroxyl groups is 1. The third kappa shape index (κ3) is 6.19. The second-order valence-corrected chi connectivity index (χ2v) is 6.38. The zero-order valence-electron chi connectivity index (χ0n) is 13.7. The van der Waals surface area contributed by atoms with Crippen LogP contribution in [0, 0.1) is 5.41 Å². The van der Waals surface area contributed by atoms with Crippen molar-refractivity contribution in [3.8, 4) is 0 Å². The first-order valence-corrected chi connectivity index (χ1v) is 7.31. The van der Waals surface area contributed by atoms with E-state index in [9.17, 15) is 27.9 Å². The van der Waals surface area contributed by atoms with Gasteiger partial charge in [-0.15, -0.1) is 0 Å². The first-order chi connectivity index (χ1) is 10.9. The number of carbonyl (C=O) groups is 2. The molecule has 1 unspecified atom stereocenters. The maximum absolute atomic E-state index is 12.6. The van der Waals surface area contributed by atoms with E-state index < -0.39 is 29.2 Å². The number of alkyl halides is 3. The fourth-order valence-corrected chi connectivity index (χ4v) is 1.74. The Morgan fingerprint density at radius 3 is 2.33 bits per heavy atom. The monoisotopic (exact) mass is 346 g/mol. The molecule has 0 aromatic heterocycles. The maximum atomic E-state index is 12.6. The fourth-order valence-electron chi connectivity index (χ4n) is 1.74. The number of benzene rings is 1. The third-order valence-corrected chi connectivity index (χ3v) is 3.18. The topological polar surface area (TPSA) is 78.4 Å². The first-order valence-electron chi connectivity index (χ1n) is 7.31. The lowest BCUT2D eigenvalue weighted by Gasteiger charge is -2.18. The van der Waals surface area contributed by atoms with Crippen LogP contribution in [0.15, 0.2) is 24.3 Å². The predicted octanol–water partition coefficient (Wildman–Crippen LogP) is 2.02. The lowest BCUT2D eigenvalue weighted by atomic mass is 9.96. The van der Waals surface area contributed by atoms with Gasteiger partial charge in [0, 0.05) is 12.0 Å². The first kappa shape index (κ1) is 20.0. The molecule has 2 amide bonds. The maximum Gasteiger partial charge on any atom is 0.416 e. The Labute approximate surface area is 138 Å². The summed E-state index contributed by atoms with van der Waals surface area (Å²) in [6.45, 7) is 4.55. The minimum Gasteiger partial charge on any atom is -0.387 e. The van der Waals surface area contributed by atoms with Gasteiger partial charge in [-0.25, -0.2) is 0 Å². The van der Waals surface area contributed by atoms with E-state index in [0.29, 0.717) is 0 Å². The Morgan fingerprint density at radius 1 is 1.17 bits per heavy atom. The van der Waals surface area contributed by atoms with Gasteiger partial charge in [0.1, 0.15) is 0 Å². The molecule has 3 N–H and O–H groups in total. The van der Waals surface area contributed by atoms with Crippen molar-refractivity contribution >= 4 is 11.8 Å². The van der Waals surface area contributed by atoms with E-state index in [4.69, 9.17) is 0 Å². The Balaban J connectivity index is 2.53. The Hall–Kier alpha value is -2.09. The number of hydrogen-bond acceptors (Lipinski definition) is 3. The van der Waals surface area contributed by atoms with Gasteiger partial charge < -0.3 is 15.7 Å². The smallest absolute Gasteiger partial charge is 0.387 e. The molecule has 0 aliphatic rings. The highest BCUT2D eigenvalue weighted by atomic mass is 19.4. The molecular weight excluding hydrogens is 325 g/mol. The van der Waals surface area contributed by atoms with Crippen LogP contribution in [0.5, 0.6) is 0 Å². The highest BCUT2D eigenvalue weighted by Gasteiger charge is 2.30. The van der Waals surface area contributed by atoms with Crippen LogP contribution in [0.4, 0.5) is 13.2 Å². The lowest BCUT2D eigenvalue weighted by molar-refractivity contribution is -0.137. The summed E-state index contributed by atoms with van der Waals surface area (Å²) < 4.78 is 37.9. The highest BCUT2D eigenvalue weighted by Crippen LogP contribution is 2.30. The van der Waals surface area contributed by atoms with Gasteiger partial charge >= 0.3 is 6.18 Å². The van der Waals surface area contributed by atoms with Crippen LogP contribution in [0.25, 0.3) is 0 Å². The molecule has 8 heteroatoms. The molecule has 134 valence electrons. The lowest BCUT2D eigenvalue weighted by Crippen LogP contribution is -2.42. The van der Waals surface area contributed by atoms with Gasteiger partial charge in [-0.1, -0.05) is 32.9 Å². The van der Waals surface area contributed by atoms with Crippen LogP contribution < -0.4 is 10.6 Å². The van der Waals surface area contributed by atoms with E-state index in [0.717, 1.165) is 12.1 Å². The molecule has 0 aliphatic carbocycles. The zero-order chi connectivity index (χ0) is 18.5. The summed E-state index contributed by atoms with van der Waals surface area (Å²) >= 11 is 0. The van der Waals surface area contributed by atoms with Crippen molar-refractivity contribution in [3.63, 3.8) is 0 Å². The molecule has 0 saturated carbocycles. The van der Waals surface area contributed by atoms with Crippen molar-refractivity contribution in [1.82, 2.24) is 10.6 Å². The Morgan fingerprint density at radius 2 is 1.79 bits per heavy atom. The van der Waals surface area contributed by atoms with Crippen molar-refractivity contribution in [2.75, 3.05) is 13.1 Å². The number of carbonyl (C=O) groups excluding carboxylic acids is 2. The predicted molar refractivity (Wildman–Crippen MR) is 81.9 cm³/mol. The normalized spacial score (nSPS) is 13.3. The number of aliphatic hydroxyl groups excluding tert-OH is 1. The molecule has 0 saturated heterocycles. The average molecular weight is 346 g/mol. The summed E-state index contributed by atoms with van der Waals surface area (Å²) in [5.74, 6) is -0.852. The van der Waals surface area contributed by atoms with Gasteiger partial charge in [-0.3, -0.25) is 9.59 Å². The van der Waals surface area contributed by atoms with Crippen LogP contribution in [0.1, 0.15) is 38.0 Å². The van der Waals surface area contributed by atoms with E-state index >= 15 is 0 Å². The largest absolute Gasteiger partial charge is 0.416 e. The molecule has 1 rings (SSSR count). The van der Waals surface area contributed by atoms with Crippen LogP contribution >= 0.6 is 0 Å². The zero-order valence-corrected chi connectivity index (χ0v) is 13.7. The number of hydrogen-bond donors (Lipinski definition) is 3. The van der Waals surface area contributed by atoms with Gasteiger partial charge in [0.05, 0.1) is 18.2 Å². The quantitative estimate of drug-likeness (QED) is 0.763. The summed E-state index contributed by atoms with van der Waals surface area (Å²) in [5.41, 5.74) is -1.47. The second-order valence-electron chi connectivity index (χ2n) is 6.38. The molecule has 0 bridgehead atoms. The number of rotatable bonds is 5.